The molecule has 8 rings (SSSR count). The second kappa shape index (κ2) is 7.59. The van der Waals surface area contributed by atoms with Crippen LogP contribution < -0.4 is 0 Å². The highest BCUT2D eigenvalue weighted by atomic mass is 14.6. The lowest BCUT2D eigenvalue weighted by Crippen LogP contribution is -2.26. The molecule has 6 aromatic rings. The molecule has 4 aromatic carbocycles. The summed E-state index contributed by atoms with van der Waals surface area (Å²) in [5.74, 6) is 0. The summed E-state index contributed by atoms with van der Waals surface area (Å²) in [5.41, 5.74) is 15.1. The van der Waals surface area contributed by atoms with Crippen molar-refractivity contribution in [1.82, 2.24) is 9.97 Å². The van der Waals surface area contributed by atoms with Gasteiger partial charge in [0.05, 0.1) is 5.41 Å². The van der Waals surface area contributed by atoms with Gasteiger partial charge in [0, 0.05) is 24.8 Å². The Morgan fingerprint density at radius 1 is 0.351 bits per heavy atom. The number of benzene rings is 4. The van der Waals surface area contributed by atoms with E-state index in [0.29, 0.717) is 0 Å². The van der Waals surface area contributed by atoms with Gasteiger partial charge in [-0.15, -0.1) is 0 Å². The van der Waals surface area contributed by atoms with Gasteiger partial charge in [0.2, 0.25) is 0 Å². The summed E-state index contributed by atoms with van der Waals surface area (Å²) in [5, 5.41) is 0. The SMILES string of the molecule is c1ccc2c(c1)-c1ccccc1C21c2cc(-c3ccncc3)ccc2-c2ccc(-c3ccncc3)cc21. The first-order valence-electron chi connectivity index (χ1n) is 12.7. The Labute approximate surface area is 216 Å². The van der Waals surface area contributed by atoms with Crippen molar-refractivity contribution in [3.63, 3.8) is 0 Å². The van der Waals surface area contributed by atoms with Crippen LogP contribution in [0.3, 0.4) is 0 Å². The highest BCUT2D eigenvalue weighted by Crippen LogP contribution is 2.63. The fraction of sp³-hybridized carbons (Fsp3) is 0.0286. The van der Waals surface area contributed by atoms with Crippen molar-refractivity contribution in [2.24, 2.45) is 0 Å². The van der Waals surface area contributed by atoms with Crippen LogP contribution >= 0.6 is 0 Å². The minimum atomic E-state index is -0.371. The number of rotatable bonds is 2. The smallest absolute Gasteiger partial charge is 0.0725 e. The highest BCUT2D eigenvalue weighted by molar-refractivity contribution is 5.96. The molecule has 0 N–H and O–H groups in total. The number of fused-ring (bicyclic) bond motifs is 10. The molecule has 0 saturated heterocycles. The van der Waals surface area contributed by atoms with Gasteiger partial charge in [-0.2, -0.15) is 0 Å². The van der Waals surface area contributed by atoms with Gasteiger partial charge in [0.1, 0.15) is 0 Å². The Bertz CT molecular complexity index is 1680. The van der Waals surface area contributed by atoms with Gasteiger partial charge >= 0.3 is 0 Å². The van der Waals surface area contributed by atoms with Crippen LogP contribution in [0.25, 0.3) is 44.5 Å². The van der Waals surface area contributed by atoms with Crippen LogP contribution in [0.4, 0.5) is 0 Å². The third-order valence-electron chi connectivity index (χ3n) is 8.12. The molecule has 0 atom stereocenters. The van der Waals surface area contributed by atoms with Crippen molar-refractivity contribution < 1.29 is 0 Å². The molecule has 0 unspecified atom stereocenters. The summed E-state index contributed by atoms with van der Waals surface area (Å²) in [6.45, 7) is 0. The average molecular weight is 471 g/mol. The third kappa shape index (κ3) is 2.70. The van der Waals surface area contributed by atoms with Crippen LogP contribution in [0.5, 0.6) is 0 Å². The van der Waals surface area contributed by atoms with Crippen LogP contribution in [0, 0.1) is 0 Å². The Balaban J connectivity index is 1.50. The van der Waals surface area contributed by atoms with E-state index in [1.165, 1.54) is 66.8 Å². The number of nitrogens with zero attached hydrogens (tertiary/aromatic N) is 2. The quantitative estimate of drug-likeness (QED) is 0.255. The van der Waals surface area contributed by atoms with E-state index in [1.807, 2.05) is 24.8 Å². The first-order chi connectivity index (χ1) is 18.4. The number of aromatic nitrogens is 2. The molecule has 0 aliphatic heterocycles. The highest BCUT2D eigenvalue weighted by Gasteiger charge is 2.51. The van der Waals surface area contributed by atoms with E-state index in [9.17, 15) is 0 Å². The second-order valence-electron chi connectivity index (χ2n) is 9.83. The second-order valence-corrected chi connectivity index (χ2v) is 9.83. The Morgan fingerprint density at radius 2 is 0.757 bits per heavy atom. The van der Waals surface area contributed by atoms with Crippen LogP contribution in [0.15, 0.2) is 134 Å². The average Bonchev–Trinajstić information content (AvgIpc) is 3.45. The fourth-order valence-corrected chi connectivity index (χ4v) is 6.59. The zero-order chi connectivity index (χ0) is 24.4. The van der Waals surface area contributed by atoms with E-state index in [1.54, 1.807) is 0 Å². The summed E-state index contributed by atoms with van der Waals surface area (Å²) in [6, 6.07) is 40.2. The monoisotopic (exact) mass is 470 g/mol. The van der Waals surface area contributed by atoms with Crippen LogP contribution in [0.1, 0.15) is 22.3 Å². The summed E-state index contributed by atoms with van der Waals surface area (Å²) in [4.78, 5) is 8.48. The normalized spacial score (nSPS) is 13.6. The minimum Gasteiger partial charge on any atom is -0.265 e. The number of hydrogen-bond acceptors (Lipinski definition) is 2. The zero-order valence-corrected chi connectivity index (χ0v) is 20.1. The van der Waals surface area contributed by atoms with Crippen LogP contribution in [-0.2, 0) is 5.41 Å². The van der Waals surface area contributed by atoms with Gasteiger partial charge in [-0.3, -0.25) is 9.97 Å². The Kier molecular flexibility index (Phi) is 4.18. The molecule has 0 fully saturated rings. The van der Waals surface area contributed by atoms with Gasteiger partial charge < -0.3 is 0 Å². The summed E-state index contributed by atoms with van der Waals surface area (Å²) < 4.78 is 0. The molecule has 0 bridgehead atoms. The van der Waals surface area contributed by atoms with E-state index < -0.39 is 0 Å². The standard InChI is InChI=1S/C35H22N2/c1-3-7-31-27(5-1)28-6-2-4-8-32(28)35(31)33-21-25(23-13-17-36-18-14-23)9-11-29(33)30-12-10-26(22-34(30)35)24-15-19-37-20-16-24/h1-22H. The van der Waals surface area contributed by atoms with Crippen molar-refractivity contribution in [2.75, 3.05) is 0 Å². The maximum atomic E-state index is 4.24. The predicted octanol–water partition coefficient (Wildman–Crippen LogP) is 8.15. The van der Waals surface area contributed by atoms with Crippen molar-refractivity contribution in [3.05, 3.63) is 156 Å². The van der Waals surface area contributed by atoms with E-state index in [4.69, 9.17) is 0 Å². The molecule has 2 heterocycles. The lowest BCUT2D eigenvalue weighted by Gasteiger charge is -2.31. The van der Waals surface area contributed by atoms with Crippen LogP contribution in [-0.4, -0.2) is 9.97 Å². The molecular formula is C35H22N2. The maximum Gasteiger partial charge on any atom is 0.0725 e. The molecule has 172 valence electrons. The molecule has 37 heavy (non-hydrogen) atoms. The lowest BCUT2D eigenvalue weighted by molar-refractivity contribution is 0.794. The van der Waals surface area contributed by atoms with Gasteiger partial charge in [0.25, 0.3) is 0 Å². The van der Waals surface area contributed by atoms with E-state index in [0.717, 1.165) is 0 Å². The topological polar surface area (TPSA) is 25.8 Å². The van der Waals surface area contributed by atoms with Gasteiger partial charge in [0.15, 0.2) is 0 Å². The van der Waals surface area contributed by atoms with E-state index >= 15 is 0 Å². The van der Waals surface area contributed by atoms with Crippen molar-refractivity contribution >= 4 is 0 Å². The predicted molar refractivity (Wildman–Crippen MR) is 149 cm³/mol. The molecule has 0 saturated carbocycles. The maximum absolute atomic E-state index is 4.24. The van der Waals surface area contributed by atoms with E-state index in [2.05, 4.69) is 119 Å². The molecule has 0 amide bonds. The molecule has 2 aliphatic carbocycles. The Hall–Kier alpha value is -4.82. The van der Waals surface area contributed by atoms with Crippen molar-refractivity contribution in [3.8, 4) is 44.5 Å². The molecular weight excluding hydrogens is 448 g/mol. The fourth-order valence-electron chi connectivity index (χ4n) is 6.59. The molecule has 2 aromatic heterocycles. The number of pyridine rings is 2. The van der Waals surface area contributed by atoms with Crippen LogP contribution in [0.2, 0.25) is 0 Å². The summed E-state index contributed by atoms with van der Waals surface area (Å²) in [6.07, 6.45) is 7.48. The first kappa shape index (κ1) is 20.4. The first-order valence-corrected chi connectivity index (χ1v) is 12.7. The number of hydrogen-bond donors (Lipinski definition) is 0. The minimum absolute atomic E-state index is 0.371. The molecule has 1 spiro atoms. The lowest BCUT2D eigenvalue weighted by atomic mass is 9.70. The van der Waals surface area contributed by atoms with Crippen molar-refractivity contribution in [2.45, 2.75) is 5.41 Å². The molecule has 2 heteroatoms. The molecule has 2 nitrogen and oxygen atoms in total. The largest absolute Gasteiger partial charge is 0.265 e. The summed E-state index contributed by atoms with van der Waals surface area (Å²) >= 11 is 0. The summed E-state index contributed by atoms with van der Waals surface area (Å²) in [7, 11) is 0. The molecule has 0 radical (unpaired) electrons. The zero-order valence-electron chi connectivity index (χ0n) is 20.1. The van der Waals surface area contributed by atoms with Gasteiger partial charge in [-0.05, 0) is 103 Å². The van der Waals surface area contributed by atoms with E-state index in [-0.39, 0.29) is 5.41 Å². The molecule has 2 aliphatic rings. The van der Waals surface area contributed by atoms with Gasteiger partial charge in [-0.1, -0.05) is 72.8 Å². The van der Waals surface area contributed by atoms with Gasteiger partial charge in [-0.25, -0.2) is 0 Å². The third-order valence-corrected chi connectivity index (χ3v) is 8.12. The van der Waals surface area contributed by atoms with Crippen molar-refractivity contribution in [1.29, 1.82) is 0 Å². The Morgan fingerprint density at radius 3 is 1.22 bits per heavy atom.